The Kier molecular flexibility index (Phi) is 4.57. The van der Waals surface area contributed by atoms with Crippen LogP contribution in [0.3, 0.4) is 0 Å². The van der Waals surface area contributed by atoms with Crippen LogP contribution in [0.4, 0.5) is 5.69 Å². The fourth-order valence-electron chi connectivity index (χ4n) is 1.25. The van der Waals surface area contributed by atoms with Crippen molar-refractivity contribution in [2.75, 3.05) is 19.0 Å². The second kappa shape index (κ2) is 5.95. The number of pyridine rings is 1. The summed E-state index contributed by atoms with van der Waals surface area (Å²) in [5.74, 6) is 0.492. The Morgan fingerprint density at radius 1 is 1.62 bits per heavy atom. The molecule has 2 N–H and O–H groups in total. The Bertz CT molecular complexity index is 355. The summed E-state index contributed by atoms with van der Waals surface area (Å²) in [7, 11) is 1.55. The van der Waals surface area contributed by atoms with Crippen molar-refractivity contribution in [1.82, 2.24) is 10.3 Å². The highest BCUT2D eigenvalue weighted by Crippen LogP contribution is 2.14. The molecule has 1 atom stereocenters. The minimum atomic E-state index is -0.285. The molecule has 5 nitrogen and oxygen atoms in total. The third-order valence-corrected chi connectivity index (χ3v) is 2.07. The molecule has 0 aliphatic carbocycles. The van der Waals surface area contributed by atoms with Gasteiger partial charge in [-0.05, 0) is 19.9 Å². The number of nitrogens with zero attached hydrogens (tertiary/aromatic N) is 1. The fourth-order valence-corrected chi connectivity index (χ4v) is 1.25. The number of carbonyl (C=O) groups excluding carboxylic acids is 1. The van der Waals surface area contributed by atoms with Crippen molar-refractivity contribution in [3.63, 3.8) is 0 Å². The Morgan fingerprint density at radius 2 is 2.38 bits per heavy atom. The second-order valence-corrected chi connectivity index (χ2v) is 3.35. The first kappa shape index (κ1) is 12.3. The number of amides is 1. The Morgan fingerprint density at radius 3 is 3.00 bits per heavy atom. The summed E-state index contributed by atoms with van der Waals surface area (Å²) in [6.07, 6.45) is 1.63. The number of hydrogen-bond acceptors (Lipinski definition) is 4. The summed E-state index contributed by atoms with van der Waals surface area (Å²) in [5.41, 5.74) is 0.811. The van der Waals surface area contributed by atoms with Gasteiger partial charge in [0.05, 0.1) is 7.11 Å². The maximum Gasteiger partial charge on any atom is 0.242 e. The fraction of sp³-hybridized carbons (Fsp3) is 0.455. The smallest absolute Gasteiger partial charge is 0.242 e. The number of ether oxygens (including phenoxy) is 1. The van der Waals surface area contributed by atoms with Crippen molar-refractivity contribution in [3.8, 4) is 5.88 Å². The molecule has 0 aromatic carbocycles. The van der Waals surface area contributed by atoms with Gasteiger partial charge >= 0.3 is 0 Å². The first-order valence-electron chi connectivity index (χ1n) is 5.21. The first-order chi connectivity index (χ1) is 7.67. The van der Waals surface area contributed by atoms with E-state index in [2.05, 4.69) is 15.6 Å². The van der Waals surface area contributed by atoms with Gasteiger partial charge in [0.25, 0.3) is 0 Å². The van der Waals surface area contributed by atoms with Crippen LogP contribution >= 0.6 is 0 Å². The molecule has 0 saturated carbocycles. The molecule has 1 aromatic rings. The molecule has 1 heterocycles. The minimum Gasteiger partial charge on any atom is -0.481 e. The predicted octanol–water partition coefficient (Wildman–Crippen LogP) is 1.03. The molecule has 1 rings (SSSR count). The lowest BCUT2D eigenvalue weighted by molar-refractivity contribution is -0.121. The van der Waals surface area contributed by atoms with Crippen molar-refractivity contribution in [2.45, 2.75) is 19.9 Å². The first-order valence-corrected chi connectivity index (χ1v) is 5.21. The van der Waals surface area contributed by atoms with Crippen molar-refractivity contribution in [2.24, 2.45) is 0 Å². The van der Waals surface area contributed by atoms with Crippen LogP contribution in [-0.4, -0.2) is 30.6 Å². The topological polar surface area (TPSA) is 63.2 Å². The van der Waals surface area contributed by atoms with E-state index in [-0.39, 0.29) is 11.9 Å². The standard InChI is InChI=1S/C11H17N3O2/c1-4-12-11(15)8(2)14-9-5-6-13-10(7-9)16-3/h5-8H,4H2,1-3H3,(H,12,15)(H,13,14). The molecule has 5 heteroatoms. The van der Waals surface area contributed by atoms with Crippen LogP contribution in [-0.2, 0) is 4.79 Å². The number of carbonyl (C=O) groups is 1. The van der Waals surface area contributed by atoms with Gasteiger partial charge in [0.1, 0.15) is 6.04 Å². The van der Waals surface area contributed by atoms with Gasteiger partial charge in [-0.2, -0.15) is 0 Å². The Labute approximate surface area is 95.2 Å². The van der Waals surface area contributed by atoms with Crippen LogP contribution in [0.2, 0.25) is 0 Å². The quantitative estimate of drug-likeness (QED) is 0.782. The van der Waals surface area contributed by atoms with Crippen molar-refractivity contribution in [3.05, 3.63) is 18.3 Å². The van der Waals surface area contributed by atoms with Gasteiger partial charge in [0.15, 0.2) is 0 Å². The second-order valence-electron chi connectivity index (χ2n) is 3.35. The van der Waals surface area contributed by atoms with E-state index in [0.29, 0.717) is 12.4 Å². The van der Waals surface area contributed by atoms with Crippen molar-refractivity contribution >= 4 is 11.6 Å². The highest BCUT2D eigenvalue weighted by molar-refractivity contribution is 5.84. The zero-order chi connectivity index (χ0) is 12.0. The van der Waals surface area contributed by atoms with Crippen LogP contribution < -0.4 is 15.4 Å². The van der Waals surface area contributed by atoms with Gasteiger partial charge in [-0.1, -0.05) is 0 Å². The van der Waals surface area contributed by atoms with Crippen LogP contribution in [0, 0.1) is 0 Å². The minimum absolute atomic E-state index is 0.0294. The lowest BCUT2D eigenvalue weighted by Crippen LogP contribution is -2.37. The maximum atomic E-state index is 11.5. The summed E-state index contributed by atoms with van der Waals surface area (Å²) >= 11 is 0. The molecule has 16 heavy (non-hydrogen) atoms. The summed E-state index contributed by atoms with van der Waals surface area (Å²) in [6.45, 7) is 4.32. The number of nitrogens with one attached hydrogen (secondary N) is 2. The highest BCUT2D eigenvalue weighted by Gasteiger charge is 2.11. The molecular formula is C11H17N3O2. The van der Waals surface area contributed by atoms with E-state index in [9.17, 15) is 4.79 Å². The number of aromatic nitrogens is 1. The van der Waals surface area contributed by atoms with Crippen LogP contribution in [0.5, 0.6) is 5.88 Å². The molecule has 0 aliphatic rings. The zero-order valence-corrected chi connectivity index (χ0v) is 9.78. The molecule has 1 amide bonds. The summed E-state index contributed by atoms with van der Waals surface area (Å²) in [6, 6.07) is 3.25. The largest absolute Gasteiger partial charge is 0.481 e. The Balaban J connectivity index is 2.61. The van der Waals surface area contributed by atoms with Gasteiger partial charge < -0.3 is 15.4 Å². The molecule has 1 unspecified atom stereocenters. The molecule has 0 aliphatic heterocycles. The summed E-state index contributed by atoms with van der Waals surface area (Å²) in [4.78, 5) is 15.5. The van der Waals surface area contributed by atoms with E-state index in [1.54, 1.807) is 32.4 Å². The normalized spacial score (nSPS) is 11.7. The SMILES string of the molecule is CCNC(=O)C(C)Nc1ccnc(OC)c1. The van der Waals surface area contributed by atoms with Crippen LogP contribution in [0.15, 0.2) is 18.3 Å². The third-order valence-electron chi connectivity index (χ3n) is 2.07. The Hall–Kier alpha value is -1.78. The number of anilines is 1. The van der Waals surface area contributed by atoms with E-state index in [4.69, 9.17) is 4.74 Å². The number of hydrogen-bond donors (Lipinski definition) is 2. The van der Waals surface area contributed by atoms with Gasteiger partial charge in [0, 0.05) is 24.5 Å². The van der Waals surface area contributed by atoms with Gasteiger partial charge in [-0.15, -0.1) is 0 Å². The van der Waals surface area contributed by atoms with Gasteiger partial charge in [-0.3, -0.25) is 4.79 Å². The van der Waals surface area contributed by atoms with Crippen molar-refractivity contribution < 1.29 is 9.53 Å². The highest BCUT2D eigenvalue weighted by atomic mass is 16.5. The third kappa shape index (κ3) is 3.42. The lowest BCUT2D eigenvalue weighted by Gasteiger charge is -2.14. The molecule has 0 fully saturated rings. The monoisotopic (exact) mass is 223 g/mol. The molecule has 88 valence electrons. The molecule has 0 bridgehead atoms. The van der Waals surface area contributed by atoms with Crippen molar-refractivity contribution in [1.29, 1.82) is 0 Å². The summed E-state index contributed by atoms with van der Waals surface area (Å²) in [5, 5.41) is 5.81. The maximum absolute atomic E-state index is 11.5. The predicted molar refractivity (Wildman–Crippen MR) is 62.6 cm³/mol. The molecule has 1 aromatic heterocycles. The van der Waals surface area contributed by atoms with Gasteiger partial charge in [-0.25, -0.2) is 4.98 Å². The molecular weight excluding hydrogens is 206 g/mol. The lowest BCUT2D eigenvalue weighted by atomic mass is 10.3. The van der Waals surface area contributed by atoms with E-state index >= 15 is 0 Å². The molecule has 0 radical (unpaired) electrons. The average Bonchev–Trinajstić information content (AvgIpc) is 2.29. The zero-order valence-electron chi connectivity index (χ0n) is 9.78. The average molecular weight is 223 g/mol. The summed E-state index contributed by atoms with van der Waals surface area (Å²) < 4.78 is 4.99. The number of rotatable bonds is 5. The van der Waals surface area contributed by atoms with Crippen LogP contribution in [0.25, 0.3) is 0 Å². The van der Waals surface area contributed by atoms with E-state index in [0.717, 1.165) is 5.69 Å². The van der Waals surface area contributed by atoms with E-state index in [1.807, 2.05) is 6.92 Å². The molecule has 0 saturated heterocycles. The number of likely N-dealkylation sites (N-methyl/N-ethyl adjacent to an activating group) is 1. The van der Waals surface area contributed by atoms with Crippen LogP contribution in [0.1, 0.15) is 13.8 Å². The van der Waals surface area contributed by atoms with E-state index < -0.39 is 0 Å². The number of methoxy groups -OCH3 is 1. The van der Waals surface area contributed by atoms with Gasteiger partial charge in [0.2, 0.25) is 11.8 Å². The molecule has 0 spiro atoms. The van der Waals surface area contributed by atoms with E-state index in [1.165, 1.54) is 0 Å².